The molecule has 2 atom stereocenters. The second kappa shape index (κ2) is 7.81. The highest BCUT2D eigenvalue weighted by molar-refractivity contribution is 8.00. The normalized spacial score (nSPS) is 18.7. The molecule has 0 bridgehead atoms. The first-order chi connectivity index (χ1) is 10.9. The molecule has 126 valence electrons. The molecule has 0 spiro atoms. The molecule has 0 fully saturated rings. The Balaban J connectivity index is 2.17. The third-order valence-electron chi connectivity index (χ3n) is 3.78. The van der Waals surface area contributed by atoms with Crippen LogP contribution in [0.4, 0.5) is 5.69 Å². The van der Waals surface area contributed by atoms with Crippen molar-refractivity contribution in [2.24, 2.45) is 5.92 Å². The number of thioether (sulfide) groups is 1. The average molecular weight is 335 g/mol. The van der Waals surface area contributed by atoms with E-state index in [1.165, 1.54) is 11.8 Å². The van der Waals surface area contributed by atoms with Gasteiger partial charge in [0.25, 0.3) is 0 Å². The van der Waals surface area contributed by atoms with Gasteiger partial charge in [-0.3, -0.25) is 9.59 Å². The fourth-order valence-corrected chi connectivity index (χ4v) is 3.60. The molecule has 0 saturated carbocycles. The summed E-state index contributed by atoms with van der Waals surface area (Å²) in [6.07, 6.45) is 2.80. The summed E-state index contributed by atoms with van der Waals surface area (Å²) in [5.74, 6) is 0.280. The van der Waals surface area contributed by atoms with Gasteiger partial charge in [0.1, 0.15) is 5.03 Å². The van der Waals surface area contributed by atoms with E-state index in [-0.39, 0.29) is 24.3 Å². The zero-order valence-electron chi connectivity index (χ0n) is 14.2. The number of pyridine rings is 1. The molecule has 1 aliphatic rings. The monoisotopic (exact) mass is 335 g/mol. The number of carbonyl (C=O) groups excluding carboxylic acids is 2. The molecule has 0 aromatic carbocycles. The Labute approximate surface area is 142 Å². The molecule has 2 amide bonds. The Morgan fingerprint density at radius 3 is 2.83 bits per heavy atom. The van der Waals surface area contributed by atoms with Crippen LogP contribution in [0.1, 0.15) is 40.5 Å². The lowest BCUT2D eigenvalue weighted by molar-refractivity contribution is -0.125. The Morgan fingerprint density at radius 1 is 1.43 bits per heavy atom. The van der Waals surface area contributed by atoms with E-state index < -0.39 is 5.25 Å². The highest BCUT2D eigenvalue weighted by Gasteiger charge is 2.35. The van der Waals surface area contributed by atoms with E-state index in [9.17, 15) is 9.59 Å². The third kappa shape index (κ3) is 4.47. The summed E-state index contributed by atoms with van der Waals surface area (Å²) in [6.45, 7) is 8.79. The van der Waals surface area contributed by atoms with Gasteiger partial charge >= 0.3 is 0 Å². The highest BCUT2D eigenvalue weighted by Crippen LogP contribution is 2.39. The van der Waals surface area contributed by atoms with Gasteiger partial charge in [-0.1, -0.05) is 32.5 Å². The lowest BCUT2D eigenvalue weighted by Crippen LogP contribution is -2.45. The number of aromatic nitrogens is 1. The number of nitrogens with zero attached hydrogens (tertiary/aromatic N) is 2. The summed E-state index contributed by atoms with van der Waals surface area (Å²) < 4.78 is 0. The van der Waals surface area contributed by atoms with E-state index in [0.717, 1.165) is 17.1 Å². The molecule has 5 nitrogen and oxygen atoms in total. The van der Waals surface area contributed by atoms with Gasteiger partial charge in [-0.15, -0.1) is 0 Å². The molecule has 1 aromatic heterocycles. The lowest BCUT2D eigenvalue weighted by Gasteiger charge is -2.33. The van der Waals surface area contributed by atoms with Crippen LogP contribution in [0, 0.1) is 5.92 Å². The van der Waals surface area contributed by atoms with Crippen LogP contribution in [-0.2, 0) is 9.59 Å². The van der Waals surface area contributed by atoms with Gasteiger partial charge in [0.05, 0.1) is 10.9 Å². The standard InChI is InChI=1S/C17H25N3O2S/c1-5-12(4)19-15(21)9-14-17(22)20(10-11(2)3)13-7-6-8-18-16(13)23-14/h6-8,11-12,14H,5,9-10H2,1-4H3,(H,19,21)/t12-,14-/m1/s1. The molecule has 0 aliphatic carbocycles. The predicted molar refractivity (Wildman–Crippen MR) is 93.6 cm³/mol. The van der Waals surface area contributed by atoms with Crippen molar-refractivity contribution in [1.29, 1.82) is 0 Å². The van der Waals surface area contributed by atoms with Gasteiger partial charge in [-0.25, -0.2) is 4.98 Å². The van der Waals surface area contributed by atoms with Gasteiger partial charge in [-0.05, 0) is 31.4 Å². The van der Waals surface area contributed by atoms with Gasteiger partial charge in [0, 0.05) is 25.2 Å². The van der Waals surface area contributed by atoms with Crippen LogP contribution in [0.25, 0.3) is 0 Å². The van der Waals surface area contributed by atoms with E-state index >= 15 is 0 Å². The summed E-state index contributed by atoms with van der Waals surface area (Å²) >= 11 is 1.40. The van der Waals surface area contributed by atoms with Crippen molar-refractivity contribution in [2.45, 2.75) is 56.9 Å². The van der Waals surface area contributed by atoms with Crippen molar-refractivity contribution in [1.82, 2.24) is 10.3 Å². The third-order valence-corrected chi connectivity index (χ3v) is 4.97. The fraction of sp³-hybridized carbons (Fsp3) is 0.588. The number of anilines is 1. The van der Waals surface area contributed by atoms with E-state index in [0.29, 0.717) is 12.5 Å². The molecule has 0 radical (unpaired) electrons. The van der Waals surface area contributed by atoms with Gasteiger partial charge in [-0.2, -0.15) is 0 Å². The summed E-state index contributed by atoms with van der Waals surface area (Å²) in [7, 11) is 0. The summed E-state index contributed by atoms with van der Waals surface area (Å²) in [4.78, 5) is 31.1. The highest BCUT2D eigenvalue weighted by atomic mass is 32.2. The number of rotatable bonds is 6. The minimum atomic E-state index is -0.403. The van der Waals surface area contributed by atoms with Crippen LogP contribution in [-0.4, -0.2) is 34.6 Å². The summed E-state index contributed by atoms with van der Waals surface area (Å²) in [6, 6.07) is 3.89. The Hall–Kier alpha value is -1.56. The molecule has 6 heteroatoms. The van der Waals surface area contributed by atoms with E-state index in [1.807, 2.05) is 26.0 Å². The predicted octanol–water partition coefficient (Wildman–Crippen LogP) is 2.85. The molecule has 2 heterocycles. The lowest BCUT2D eigenvalue weighted by atomic mass is 10.1. The minimum absolute atomic E-state index is 0.00324. The number of hydrogen-bond donors (Lipinski definition) is 1. The average Bonchev–Trinajstić information content (AvgIpc) is 2.50. The SMILES string of the molecule is CC[C@@H](C)NC(=O)C[C@H]1Sc2ncccc2N(CC(C)C)C1=O. The Bertz CT molecular complexity index is 577. The van der Waals surface area contributed by atoms with Crippen LogP contribution >= 0.6 is 11.8 Å². The molecule has 23 heavy (non-hydrogen) atoms. The fourth-order valence-electron chi connectivity index (χ4n) is 2.44. The van der Waals surface area contributed by atoms with Crippen LogP contribution in [0.2, 0.25) is 0 Å². The van der Waals surface area contributed by atoms with Gasteiger partial charge in [0.15, 0.2) is 0 Å². The maximum atomic E-state index is 12.8. The van der Waals surface area contributed by atoms with Gasteiger partial charge < -0.3 is 10.2 Å². The van der Waals surface area contributed by atoms with Crippen LogP contribution in [0.5, 0.6) is 0 Å². The zero-order valence-corrected chi connectivity index (χ0v) is 15.0. The topological polar surface area (TPSA) is 62.3 Å². The van der Waals surface area contributed by atoms with E-state index in [2.05, 4.69) is 24.1 Å². The number of fused-ring (bicyclic) bond motifs is 1. The van der Waals surface area contributed by atoms with Crippen molar-refractivity contribution < 1.29 is 9.59 Å². The first-order valence-electron chi connectivity index (χ1n) is 8.14. The van der Waals surface area contributed by atoms with Gasteiger partial charge in [0.2, 0.25) is 11.8 Å². The minimum Gasteiger partial charge on any atom is -0.354 e. The van der Waals surface area contributed by atoms with Crippen molar-refractivity contribution in [2.75, 3.05) is 11.4 Å². The Kier molecular flexibility index (Phi) is 6.04. The quantitative estimate of drug-likeness (QED) is 0.868. The maximum Gasteiger partial charge on any atom is 0.241 e. The molecular formula is C17H25N3O2S. The number of hydrogen-bond acceptors (Lipinski definition) is 4. The molecule has 1 aliphatic heterocycles. The maximum absolute atomic E-state index is 12.8. The molecule has 1 aromatic rings. The first kappa shape index (κ1) is 17.8. The first-order valence-corrected chi connectivity index (χ1v) is 9.02. The summed E-state index contributed by atoms with van der Waals surface area (Å²) in [5.41, 5.74) is 0.856. The smallest absolute Gasteiger partial charge is 0.241 e. The number of nitrogens with one attached hydrogen (secondary N) is 1. The van der Waals surface area contributed by atoms with Crippen molar-refractivity contribution >= 4 is 29.3 Å². The van der Waals surface area contributed by atoms with Crippen LogP contribution in [0.15, 0.2) is 23.4 Å². The summed E-state index contributed by atoms with van der Waals surface area (Å²) in [5, 5.41) is 3.36. The molecular weight excluding hydrogens is 310 g/mol. The second-order valence-corrected chi connectivity index (χ2v) is 7.55. The van der Waals surface area contributed by atoms with E-state index in [4.69, 9.17) is 0 Å². The van der Waals surface area contributed by atoms with Crippen molar-refractivity contribution in [3.8, 4) is 0 Å². The van der Waals surface area contributed by atoms with Crippen molar-refractivity contribution in [3.63, 3.8) is 0 Å². The largest absolute Gasteiger partial charge is 0.354 e. The van der Waals surface area contributed by atoms with Crippen LogP contribution < -0.4 is 10.2 Å². The zero-order chi connectivity index (χ0) is 17.0. The Morgan fingerprint density at radius 2 is 2.17 bits per heavy atom. The molecule has 1 N–H and O–H groups in total. The number of amides is 2. The number of carbonyl (C=O) groups is 2. The van der Waals surface area contributed by atoms with Crippen LogP contribution in [0.3, 0.4) is 0 Å². The molecule has 2 rings (SSSR count). The molecule has 0 saturated heterocycles. The molecule has 0 unspecified atom stereocenters. The second-order valence-electron chi connectivity index (χ2n) is 6.36. The van der Waals surface area contributed by atoms with Crippen molar-refractivity contribution in [3.05, 3.63) is 18.3 Å². The van der Waals surface area contributed by atoms with E-state index in [1.54, 1.807) is 11.1 Å².